The van der Waals surface area contributed by atoms with E-state index in [4.69, 9.17) is 0 Å². The SMILES string of the molecule is CCCCSc1nnc(N(C)C(=O)Nc2ccccc2)s1. The fourth-order valence-electron chi connectivity index (χ4n) is 1.52. The maximum atomic E-state index is 12.1. The predicted octanol–water partition coefficient (Wildman–Crippen LogP) is 4.10. The number of hydrogen-bond donors (Lipinski definition) is 1. The van der Waals surface area contributed by atoms with Crippen molar-refractivity contribution >= 4 is 39.9 Å². The molecule has 5 nitrogen and oxygen atoms in total. The molecule has 1 N–H and O–H groups in total. The number of carbonyl (C=O) groups is 1. The Morgan fingerprint density at radius 2 is 2.10 bits per heavy atom. The summed E-state index contributed by atoms with van der Waals surface area (Å²) >= 11 is 3.12. The van der Waals surface area contributed by atoms with Crippen molar-refractivity contribution in [1.82, 2.24) is 10.2 Å². The topological polar surface area (TPSA) is 58.1 Å². The smallest absolute Gasteiger partial charge is 0.307 e. The van der Waals surface area contributed by atoms with E-state index in [-0.39, 0.29) is 6.03 Å². The van der Waals surface area contributed by atoms with Crippen LogP contribution in [0.1, 0.15) is 19.8 Å². The molecule has 2 rings (SSSR count). The van der Waals surface area contributed by atoms with Crippen LogP contribution in [0.2, 0.25) is 0 Å². The molecule has 21 heavy (non-hydrogen) atoms. The minimum absolute atomic E-state index is 0.220. The van der Waals surface area contributed by atoms with Crippen molar-refractivity contribution in [3.05, 3.63) is 30.3 Å². The molecule has 0 saturated carbocycles. The molecule has 0 spiro atoms. The van der Waals surface area contributed by atoms with Crippen molar-refractivity contribution in [2.75, 3.05) is 23.0 Å². The zero-order valence-electron chi connectivity index (χ0n) is 12.1. The summed E-state index contributed by atoms with van der Waals surface area (Å²) < 4.78 is 0.901. The summed E-state index contributed by atoms with van der Waals surface area (Å²) in [5.74, 6) is 1.03. The maximum Gasteiger partial charge on any atom is 0.327 e. The lowest BCUT2D eigenvalue weighted by Gasteiger charge is -2.14. The van der Waals surface area contributed by atoms with Gasteiger partial charge in [-0.3, -0.25) is 4.90 Å². The van der Waals surface area contributed by atoms with Gasteiger partial charge in [0.25, 0.3) is 0 Å². The normalized spacial score (nSPS) is 10.4. The highest BCUT2D eigenvalue weighted by Gasteiger charge is 2.15. The van der Waals surface area contributed by atoms with Crippen molar-refractivity contribution in [3.8, 4) is 0 Å². The van der Waals surface area contributed by atoms with Gasteiger partial charge in [-0.05, 0) is 18.6 Å². The molecule has 0 fully saturated rings. The summed E-state index contributed by atoms with van der Waals surface area (Å²) in [5.41, 5.74) is 0.761. The van der Waals surface area contributed by atoms with E-state index in [1.54, 1.807) is 18.8 Å². The van der Waals surface area contributed by atoms with Crippen LogP contribution in [0.15, 0.2) is 34.7 Å². The Morgan fingerprint density at radius 1 is 1.33 bits per heavy atom. The summed E-state index contributed by atoms with van der Waals surface area (Å²) in [4.78, 5) is 13.6. The summed E-state index contributed by atoms with van der Waals surface area (Å²) in [6, 6.07) is 9.13. The Balaban J connectivity index is 1.93. The average Bonchev–Trinajstić information content (AvgIpc) is 2.96. The van der Waals surface area contributed by atoms with Gasteiger partial charge in [0.05, 0.1) is 0 Å². The highest BCUT2D eigenvalue weighted by Crippen LogP contribution is 2.28. The highest BCUT2D eigenvalue weighted by molar-refractivity contribution is 8.01. The van der Waals surface area contributed by atoms with Crippen molar-refractivity contribution in [3.63, 3.8) is 0 Å². The second-order valence-corrected chi connectivity index (χ2v) is 6.71. The molecule has 1 heterocycles. The predicted molar refractivity (Wildman–Crippen MR) is 89.4 cm³/mol. The van der Waals surface area contributed by atoms with Crippen LogP contribution < -0.4 is 10.2 Å². The zero-order valence-corrected chi connectivity index (χ0v) is 13.7. The van der Waals surface area contributed by atoms with Gasteiger partial charge in [-0.1, -0.05) is 54.6 Å². The molecule has 2 aromatic rings. The quantitative estimate of drug-likeness (QED) is 0.494. The molecule has 0 unspecified atom stereocenters. The van der Waals surface area contributed by atoms with E-state index < -0.39 is 0 Å². The van der Waals surface area contributed by atoms with Crippen LogP contribution in [0.5, 0.6) is 0 Å². The standard InChI is InChI=1S/C14H18N4OS2/c1-3-4-10-20-14-17-16-13(21-14)18(2)12(19)15-11-8-6-5-7-9-11/h5-9H,3-4,10H2,1-2H3,(H,15,19). The first-order valence-electron chi connectivity index (χ1n) is 6.76. The highest BCUT2D eigenvalue weighted by atomic mass is 32.2. The average molecular weight is 322 g/mol. The lowest BCUT2D eigenvalue weighted by Crippen LogP contribution is -2.31. The molecule has 1 aromatic heterocycles. The van der Waals surface area contributed by atoms with Crippen LogP contribution in [-0.4, -0.2) is 29.0 Å². The van der Waals surface area contributed by atoms with Gasteiger partial charge in [-0.15, -0.1) is 10.2 Å². The number of benzene rings is 1. The van der Waals surface area contributed by atoms with E-state index in [2.05, 4.69) is 22.4 Å². The van der Waals surface area contributed by atoms with Gasteiger partial charge in [0.2, 0.25) is 5.13 Å². The summed E-state index contributed by atoms with van der Waals surface area (Å²) in [6.45, 7) is 2.16. The van der Waals surface area contributed by atoms with Gasteiger partial charge in [0.1, 0.15) is 0 Å². The van der Waals surface area contributed by atoms with E-state index in [1.165, 1.54) is 16.2 Å². The number of unbranched alkanes of at least 4 members (excludes halogenated alkanes) is 1. The molecule has 0 bridgehead atoms. The van der Waals surface area contributed by atoms with E-state index in [9.17, 15) is 4.79 Å². The monoisotopic (exact) mass is 322 g/mol. The number of aromatic nitrogens is 2. The molecular weight excluding hydrogens is 304 g/mol. The number of amides is 2. The molecule has 2 amide bonds. The first-order chi connectivity index (χ1) is 10.2. The fourth-order valence-corrected chi connectivity index (χ4v) is 3.47. The molecule has 0 aliphatic carbocycles. The molecule has 7 heteroatoms. The number of para-hydroxylation sites is 1. The lowest BCUT2D eigenvalue weighted by atomic mass is 10.3. The Labute approximate surface area is 132 Å². The number of rotatable bonds is 6. The molecule has 0 aliphatic heterocycles. The Bertz CT molecular complexity index is 573. The number of nitrogens with zero attached hydrogens (tertiary/aromatic N) is 3. The third-order valence-electron chi connectivity index (χ3n) is 2.74. The number of carbonyl (C=O) groups excluding carboxylic acids is 1. The van der Waals surface area contributed by atoms with Crippen molar-refractivity contribution < 1.29 is 4.79 Å². The maximum absolute atomic E-state index is 12.1. The Hall–Kier alpha value is -1.60. The number of anilines is 2. The van der Waals surface area contributed by atoms with Gasteiger partial charge < -0.3 is 5.32 Å². The minimum atomic E-state index is -0.220. The molecular formula is C14H18N4OS2. The third kappa shape index (κ3) is 4.71. The molecule has 112 valence electrons. The van der Waals surface area contributed by atoms with Crippen LogP contribution in [0.3, 0.4) is 0 Å². The van der Waals surface area contributed by atoms with E-state index >= 15 is 0 Å². The lowest BCUT2D eigenvalue weighted by molar-refractivity contribution is 0.258. The van der Waals surface area contributed by atoms with Crippen molar-refractivity contribution in [2.45, 2.75) is 24.1 Å². The second kappa shape index (κ2) is 7.99. The first-order valence-corrected chi connectivity index (χ1v) is 8.57. The summed E-state index contributed by atoms with van der Waals surface area (Å²) in [5, 5.41) is 11.6. The van der Waals surface area contributed by atoms with Gasteiger partial charge >= 0.3 is 6.03 Å². The molecule has 0 atom stereocenters. The number of thioether (sulfide) groups is 1. The number of hydrogen-bond acceptors (Lipinski definition) is 5. The van der Waals surface area contributed by atoms with E-state index in [0.29, 0.717) is 5.13 Å². The van der Waals surface area contributed by atoms with Crippen molar-refractivity contribution in [2.24, 2.45) is 0 Å². The van der Waals surface area contributed by atoms with Gasteiger partial charge in [-0.25, -0.2) is 4.79 Å². The van der Waals surface area contributed by atoms with Crippen LogP contribution in [0.25, 0.3) is 0 Å². The van der Waals surface area contributed by atoms with Gasteiger partial charge in [0, 0.05) is 18.5 Å². The third-order valence-corrected chi connectivity index (χ3v) is 4.96. The molecule has 0 aliphatic rings. The summed E-state index contributed by atoms with van der Waals surface area (Å²) in [6.07, 6.45) is 2.32. The second-order valence-electron chi connectivity index (χ2n) is 4.41. The summed E-state index contributed by atoms with van der Waals surface area (Å²) in [7, 11) is 1.69. The van der Waals surface area contributed by atoms with Gasteiger partial charge in [-0.2, -0.15) is 0 Å². The van der Waals surface area contributed by atoms with Crippen LogP contribution in [0, 0.1) is 0 Å². The first kappa shape index (κ1) is 15.8. The van der Waals surface area contributed by atoms with Crippen LogP contribution in [-0.2, 0) is 0 Å². The van der Waals surface area contributed by atoms with E-state index in [1.807, 2.05) is 30.3 Å². The number of urea groups is 1. The van der Waals surface area contributed by atoms with Crippen LogP contribution in [0.4, 0.5) is 15.6 Å². The Morgan fingerprint density at radius 3 is 2.81 bits per heavy atom. The molecule has 0 saturated heterocycles. The zero-order chi connectivity index (χ0) is 15.1. The minimum Gasteiger partial charge on any atom is -0.307 e. The van der Waals surface area contributed by atoms with Crippen LogP contribution >= 0.6 is 23.1 Å². The fraction of sp³-hybridized carbons (Fsp3) is 0.357. The van der Waals surface area contributed by atoms with Gasteiger partial charge in [0.15, 0.2) is 4.34 Å². The number of nitrogens with one attached hydrogen (secondary N) is 1. The van der Waals surface area contributed by atoms with E-state index in [0.717, 1.165) is 28.6 Å². The molecule has 0 radical (unpaired) electrons. The largest absolute Gasteiger partial charge is 0.327 e. The van der Waals surface area contributed by atoms with Crippen molar-refractivity contribution in [1.29, 1.82) is 0 Å². The Kier molecular flexibility index (Phi) is 6.01. The molecule has 1 aromatic carbocycles.